The fourth-order valence-corrected chi connectivity index (χ4v) is 1.79. The second-order valence-electron chi connectivity index (χ2n) is 4.01. The van der Waals surface area contributed by atoms with E-state index in [9.17, 15) is 0 Å². The molecule has 3 nitrogen and oxygen atoms in total. The molecule has 1 rings (SSSR count). The highest BCUT2D eigenvalue weighted by Gasteiger charge is 2.40. The van der Waals surface area contributed by atoms with Crippen LogP contribution < -0.4 is 5.73 Å². The Morgan fingerprint density at radius 1 is 1.58 bits per heavy atom. The van der Waals surface area contributed by atoms with Gasteiger partial charge >= 0.3 is 0 Å². The molecule has 3 atom stereocenters. The van der Waals surface area contributed by atoms with Crippen LogP contribution in [0.1, 0.15) is 20.3 Å². The maximum atomic E-state index is 6.09. The molecule has 0 bridgehead atoms. The zero-order valence-electron chi connectivity index (χ0n) is 8.50. The number of ether oxygens (including phenoxy) is 1. The van der Waals surface area contributed by atoms with Crippen LogP contribution in [0.5, 0.6) is 0 Å². The Hall–Kier alpha value is -0.120. The largest absolute Gasteiger partial charge is 0.377 e. The molecule has 12 heavy (non-hydrogen) atoms. The summed E-state index contributed by atoms with van der Waals surface area (Å²) in [6, 6.07) is 0.518. The molecule has 3 heteroatoms. The second kappa shape index (κ2) is 3.32. The van der Waals surface area contributed by atoms with Gasteiger partial charge in [-0.2, -0.15) is 0 Å². The van der Waals surface area contributed by atoms with Crippen LogP contribution in [0.3, 0.4) is 0 Å². The van der Waals surface area contributed by atoms with Crippen molar-refractivity contribution in [2.45, 2.75) is 38.0 Å². The third kappa shape index (κ3) is 1.49. The molecule has 1 aliphatic rings. The third-order valence-electron chi connectivity index (χ3n) is 3.35. The molecular weight excluding hydrogens is 152 g/mol. The molecule has 0 aromatic heterocycles. The number of rotatable bonds is 1. The summed E-state index contributed by atoms with van der Waals surface area (Å²) in [6.07, 6.45) is 1.02. The normalized spacial score (nSPS) is 44.8. The fourth-order valence-electron chi connectivity index (χ4n) is 1.79. The summed E-state index contributed by atoms with van der Waals surface area (Å²) < 4.78 is 5.46. The van der Waals surface area contributed by atoms with Crippen LogP contribution in [0.4, 0.5) is 0 Å². The molecule has 0 aromatic rings. The molecule has 72 valence electrons. The summed E-state index contributed by atoms with van der Waals surface area (Å²) >= 11 is 0. The minimum atomic E-state index is -0.133. The van der Waals surface area contributed by atoms with E-state index in [1.807, 2.05) is 0 Å². The quantitative estimate of drug-likeness (QED) is 0.624. The van der Waals surface area contributed by atoms with Crippen LogP contribution in [0, 0.1) is 0 Å². The summed E-state index contributed by atoms with van der Waals surface area (Å²) in [6.45, 7) is 5.32. The lowest BCUT2D eigenvalue weighted by Gasteiger charge is -2.46. The van der Waals surface area contributed by atoms with Crippen molar-refractivity contribution >= 4 is 0 Å². The monoisotopic (exact) mass is 172 g/mol. The summed E-state index contributed by atoms with van der Waals surface area (Å²) in [7, 11) is 3.86. The van der Waals surface area contributed by atoms with Gasteiger partial charge in [-0.25, -0.2) is 0 Å². The van der Waals surface area contributed by atoms with Gasteiger partial charge in [0, 0.05) is 25.7 Å². The minimum absolute atomic E-state index is 0.112. The average molecular weight is 172 g/mol. The Bertz CT molecular complexity index is 163. The summed E-state index contributed by atoms with van der Waals surface area (Å²) in [4.78, 5) is 2.28. The first-order chi connectivity index (χ1) is 5.51. The topological polar surface area (TPSA) is 38.5 Å². The van der Waals surface area contributed by atoms with Crippen molar-refractivity contribution in [3.05, 3.63) is 0 Å². The molecule has 1 fully saturated rings. The zero-order chi connectivity index (χ0) is 9.35. The molecule has 3 unspecified atom stereocenters. The van der Waals surface area contributed by atoms with E-state index in [-0.39, 0.29) is 11.6 Å². The summed E-state index contributed by atoms with van der Waals surface area (Å²) in [5.74, 6) is 0. The van der Waals surface area contributed by atoms with Crippen molar-refractivity contribution in [2.24, 2.45) is 5.73 Å². The smallest absolute Gasteiger partial charge is 0.0828 e. The number of piperidine rings is 1. The predicted molar refractivity (Wildman–Crippen MR) is 50.1 cm³/mol. The van der Waals surface area contributed by atoms with E-state index in [0.29, 0.717) is 6.04 Å². The highest BCUT2D eigenvalue weighted by atomic mass is 16.5. The van der Waals surface area contributed by atoms with Gasteiger partial charge in [-0.15, -0.1) is 0 Å². The Morgan fingerprint density at radius 2 is 2.17 bits per heavy atom. The summed E-state index contributed by atoms with van der Waals surface area (Å²) in [5.41, 5.74) is 5.96. The summed E-state index contributed by atoms with van der Waals surface area (Å²) in [5, 5.41) is 0. The van der Waals surface area contributed by atoms with Crippen molar-refractivity contribution in [2.75, 3.05) is 20.7 Å². The molecule has 0 amide bonds. The zero-order valence-corrected chi connectivity index (χ0v) is 8.50. The van der Waals surface area contributed by atoms with Gasteiger partial charge in [0.05, 0.1) is 5.60 Å². The molecule has 0 radical (unpaired) electrons. The second-order valence-corrected chi connectivity index (χ2v) is 4.01. The number of methoxy groups -OCH3 is 1. The third-order valence-corrected chi connectivity index (χ3v) is 3.35. The van der Waals surface area contributed by atoms with E-state index in [2.05, 4.69) is 25.8 Å². The highest BCUT2D eigenvalue weighted by molar-refractivity contribution is 4.98. The number of nitrogens with zero attached hydrogens (tertiary/aromatic N) is 1. The SMILES string of the molecule is COC1(C)CCN(C)C(C)C1N. The lowest BCUT2D eigenvalue weighted by molar-refractivity contribution is -0.0716. The van der Waals surface area contributed by atoms with Crippen molar-refractivity contribution in [3.8, 4) is 0 Å². The van der Waals surface area contributed by atoms with Crippen molar-refractivity contribution in [3.63, 3.8) is 0 Å². The molecule has 0 aliphatic carbocycles. The van der Waals surface area contributed by atoms with Gasteiger partial charge in [0.15, 0.2) is 0 Å². The highest BCUT2D eigenvalue weighted by Crippen LogP contribution is 2.27. The van der Waals surface area contributed by atoms with Crippen molar-refractivity contribution < 1.29 is 4.74 Å². The van der Waals surface area contributed by atoms with Crippen LogP contribution in [0.15, 0.2) is 0 Å². The Kier molecular flexibility index (Phi) is 2.76. The first-order valence-electron chi connectivity index (χ1n) is 4.52. The molecule has 0 spiro atoms. The van der Waals surface area contributed by atoms with Crippen LogP contribution in [0.2, 0.25) is 0 Å². The van der Waals surface area contributed by atoms with Gasteiger partial charge in [0.2, 0.25) is 0 Å². The maximum absolute atomic E-state index is 6.09. The van der Waals surface area contributed by atoms with Gasteiger partial charge in [-0.3, -0.25) is 0 Å². The van der Waals surface area contributed by atoms with Crippen LogP contribution >= 0.6 is 0 Å². The van der Waals surface area contributed by atoms with Crippen LogP contribution in [-0.4, -0.2) is 43.3 Å². The Labute approximate surface area is 74.9 Å². The van der Waals surface area contributed by atoms with Gasteiger partial charge in [0.1, 0.15) is 0 Å². The first-order valence-corrected chi connectivity index (χ1v) is 4.52. The molecule has 1 heterocycles. The number of hydrogen-bond donors (Lipinski definition) is 1. The van der Waals surface area contributed by atoms with Gasteiger partial charge in [0.25, 0.3) is 0 Å². The van der Waals surface area contributed by atoms with E-state index in [1.165, 1.54) is 0 Å². The Morgan fingerprint density at radius 3 is 2.67 bits per heavy atom. The molecule has 0 aromatic carbocycles. The predicted octanol–water partition coefficient (Wildman–Crippen LogP) is 0.443. The van der Waals surface area contributed by atoms with Gasteiger partial charge in [-0.05, 0) is 27.3 Å². The van der Waals surface area contributed by atoms with E-state index < -0.39 is 0 Å². The molecular formula is C9H20N2O. The van der Waals surface area contributed by atoms with E-state index in [4.69, 9.17) is 10.5 Å². The molecule has 2 N–H and O–H groups in total. The number of likely N-dealkylation sites (tertiary alicyclic amines) is 1. The molecule has 0 saturated carbocycles. The van der Waals surface area contributed by atoms with E-state index >= 15 is 0 Å². The number of hydrogen-bond acceptors (Lipinski definition) is 3. The maximum Gasteiger partial charge on any atom is 0.0828 e. The lowest BCUT2D eigenvalue weighted by atomic mass is 9.84. The van der Waals surface area contributed by atoms with Crippen LogP contribution in [0.25, 0.3) is 0 Å². The van der Waals surface area contributed by atoms with E-state index in [1.54, 1.807) is 7.11 Å². The first kappa shape index (κ1) is 9.96. The van der Waals surface area contributed by atoms with E-state index in [0.717, 1.165) is 13.0 Å². The fraction of sp³-hybridized carbons (Fsp3) is 1.00. The number of nitrogens with two attached hydrogens (primary N) is 1. The Balaban J connectivity index is 2.71. The standard InChI is InChI=1S/C9H20N2O/c1-7-8(10)9(2,12-4)5-6-11(7)3/h7-8H,5-6,10H2,1-4H3. The molecule has 1 aliphatic heterocycles. The van der Waals surface area contributed by atoms with Gasteiger partial charge in [-0.1, -0.05) is 0 Å². The van der Waals surface area contributed by atoms with Crippen molar-refractivity contribution in [1.82, 2.24) is 4.90 Å². The lowest BCUT2D eigenvalue weighted by Crippen LogP contribution is -2.62. The molecule has 1 saturated heterocycles. The number of likely N-dealkylation sites (N-methyl/N-ethyl adjacent to an activating group) is 1. The van der Waals surface area contributed by atoms with Crippen LogP contribution in [-0.2, 0) is 4.74 Å². The average Bonchev–Trinajstić information content (AvgIpc) is 2.09. The van der Waals surface area contributed by atoms with Crippen molar-refractivity contribution in [1.29, 1.82) is 0 Å². The minimum Gasteiger partial charge on any atom is -0.377 e. The van der Waals surface area contributed by atoms with Gasteiger partial charge < -0.3 is 15.4 Å².